The zero-order valence-corrected chi connectivity index (χ0v) is 12.1. The van der Waals surface area contributed by atoms with Gasteiger partial charge in [-0.05, 0) is 55.7 Å². The van der Waals surface area contributed by atoms with Crippen molar-refractivity contribution in [3.05, 3.63) is 29.3 Å². The first-order valence-corrected chi connectivity index (χ1v) is 7.04. The van der Waals surface area contributed by atoms with Crippen molar-refractivity contribution in [3.63, 3.8) is 0 Å². The van der Waals surface area contributed by atoms with Gasteiger partial charge in [0, 0.05) is 11.7 Å². The number of aryl methyl sites for hydroxylation is 1. The SMILES string of the molecule is Cc1ccc(C(=O)NC2CCC(C)(C)CC2)c(N)c1. The Kier molecular flexibility index (Phi) is 3.83. The fraction of sp³-hybridized carbons (Fsp3) is 0.562. The minimum Gasteiger partial charge on any atom is -0.398 e. The van der Waals surface area contributed by atoms with E-state index in [1.807, 2.05) is 25.1 Å². The van der Waals surface area contributed by atoms with Crippen LogP contribution in [0.3, 0.4) is 0 Å². The van der Waals surface area contributed by atoms with E-state index in [0.717, 1.165) is 18.4 Å². The van der Waals surface area contributed by atoms with Crippen LogP contribution >= 0.6 is 0 Å². The zero-order valence-electron chi connectivity index (χ0n) is 12.1. The maximum Gasteiger partial charge on any atom is 0.253 e. The fourth-order valence-corrected chi connectivity index (χ4v) is 2.70. The second-order valence-corrected chi connectivity index (χ2v) is 6.50. The number of nitrogen functional groups attached to an aromatic ring is 1. The van der Waals surface area contributed by atoms with Gasteiger partial charge in [-0.3, -0.25) is 4.79 Å². The van der Waals surface area contributed by atoms with Crippen molar-refractivity contribution in [1.82, 2.24) is 5.32 Å². The van der Waals surface area contributed by atoms with Crippen molar-refractivity contribution in [2.45, 2.75) is 52.5 Å². The predicted octanol–water partition coefficient (Wildman–Crippen LogP) is 3.28. The molecule has 0 unspecified atom stereocenters. The number of nitrogens with one attached hydrogen (secondary N) is 1. The van der Waals surface area contributed by atoms with Crippen LogP contribution in [0.4, 0.5) is 5.69 Å². The normalized spacial score (nSPS) is 19.1. The number of benzene rings is 1. The van der Waals surface area contributed by atoms with Gasteiger partial charge in [0.05, 0.1) is 5.56 Å². The Morgan fingerprint density at radius 3 is 2.53 bits per heavy atom. The van der Waals surface area contributed by atoms with Gasteiger partial charge in [-0.15, -0.1) is 0 Å². The molecular weight excluding hydrogens is 236 g/mol. The van der Waals surface area contributed by atoms with Gasteiger partial charge >= 0.3 is 0 Å². The number of anilines is 1. The molecule has 104 valence electrons. The molecule has 1 aliphatic rings. The molecule has 3 nitrogen and oxygen atoms in total. The molecule has 0 atom stereocenters. The van der Waals surface area contributed by atoms with E-state index >= 15 is 0 Å². The number of hydrogen-bond acceptors (Lipinski definition) is 2. The van der Waals surface area contributed by atoms with Gasteiger partial charge in [0.25, 0.3) is 5.91 Å². The van der Waals surface area contributed by atoms with Crippen LogP contribution < -0.4 is 11.1 Å². The van der Waals surface area contributed by atoms with Gasteiger partial charge < -0.3 is 11.1 Å². The molecule has 1 fully saturated rings. The fourth-order valence-electron chi connectivity index (χ4n) is 2.70. The average molecular weight is 260 g/mol. The van der Waals surface area contributed by atoms with Crippen LogP contribution in [0.15, 0.2) is 18.2 Å². The molecule has 0 spiro atoms. The molecular formula is C16H24N2O. The molecule has 0 saturated heterocycles. The highest BCUT2D eigenvalue weighted by atomic mass is 16.1. The molecule has 1 aromatic carbocycles. The molecule has 1 aliphatic carbocycles. The second kappa shape index (κ2) is 5.24. The topological polar surface area (TPSA) is 55.1 Å². The summed E-state index contributed by atoms with van der Waals surface area (Å²) >= 11 is 0. The lowest BCUT2D eigenvalue weighted by Crippen LogP contribution is -2.39. The summed E-state index contributed by atoms with van der Waals surface area (Å²) in [6.07, 6.45) is 4.46. The largest absolute Gasteiger partial charge is 0.398 e. The van der Waals surface area contributed by atoms with Crippen molar-refractivity contribution in [3.8, 4) is 0 Å². The lowest BCUT2D eigenvalue weighted by Gasteiger charge is -2.34. The van der Waals surface area contributed by atoms with Crippen molar-refractivity contribution >= 4 is 11.6 Å². The van der Waals surface area contributed by atoms with E-state index < -0.39 is 0 Å². The maximum absolute atomic E-state index is 12.2. The summed E-state index contributed by atoms with van der Waals surface area (Å²) < 4.78 is 0. The molecule has 2 rings (SSSR count). The van der Waals surface area contributed by atoms with Gasteiger partial charge in [0.1, 0.15) is 0 Å². The number of amides is 1. The third-order valence-corrected chi connectivity index (χ3v) is 4.13. The van der Waals surface area contributed by atoms with E-state index in [4.69, 9.17) is 5.73 Å². The second-order valence-electron chi connectivity index (χ2n) is 6.50. The highest BCUT2D eigenvalue weighted by Crippen LogP contribution is 2.35. The van der Waals surface area contributed by atoms with Crippen molar-refractivity contribution < 1.29 is 4.79 Å². The molecule has 0 heterocycles. The summed E-state index contributed by atoms with van der Waals surface area (Å²) in [5.74, 6) is -0.0396. The molecule has 0 radical (unpaired) electrons. The standard InChI is InChI=1S/C16H24N2O/c1-11-4-5-13(14(17)10-11)15(19)18-12-6-8-16(2,3)9-7-12/h4-5,10,12H,6-9,17H2,1-3H3,(H,18,19). The molecule has 1 saturated carbocycles. The molecule has 19 heavy (non-hydrogen) atoms. The molecule has 3 heteroatoms. The number of nitrogens with two attached hydrogens (primary N) is 1. The smallest absolute Gasteiger partial charge is 0.253 e. The Morgan fingerprint density at radius 2 is 1.95 bits per heavy atom. The molecule has 1 aromatic rings. The third-order valence-electron chi connectivity index (χ3n) is 4.13. The van der Waals surface area contributed by atoms with Crippen LogP contribution in [0, 0.1) is 12.3 Å². The van der Waals surface area contributed by atoms with E-state index in [1.165, 1.54) is 12.8 Å². The van der Waals surface area contributed by atoms with Crippen LogP contribution in [0.5, 0.6) is 0 Å². The quantitative estimate of drug-likeness (QED) is 0.802. The van der Waals surface area contributed by atoms with Gasteiger partial charge in [0.15, 0.2) is 0 Å². The van der Waals surface area contributed by atoms with Crippen LogP contribution in [-0.4, -0.2) is 11.9 Å². The van der Waals surface area contributed by atoms with E-state index in [9.17, 15) is 4.79 Å². The van der Waals surface area contributed by atoms with Gasteiger partial charge in [-0.2, -0.15) is 0 Å². The highest BCUT2D eigenvalue weighted by Gasteiger charge is 2.27. The molecule has 0 aromatic heterocycles. The number of carbonyl (C=O) groups is 1. The van der Waals surface area contributed by atoms with E-state index in [2.05, 4.69) is 19.2 Å². The van der Waals surface area contributed by atoms with E-state index in [1.54, 1.807) is 0 Å². The lowest BCUT2D eigenvalue weighted by atomic mass is 9.75. The maximum atomic E-state index is 12.2. The van der Waals surface area contributed by atoms with Crippen LogP contribution in [0.1, 0.15) is 55.5 Å². The van der Waals surface area contributed by atoms with Gasteiger partial charge in [-0.25, -0.2) is 0 Å². The Balaban J connectivity index is 1.98. The Labute approximate surface area is 115 Å². The summed E-state index contributed by atoms with van der Waals surface area (Å²) in [5.41, 5.74) is 8.56. The Bertz CT molecular complexity index is 470. The average Bonchev–Trinajstić information content (AvgIpc) is 2.31. The molecule has 0 aliphatic heterocycles. The minimum atomic E-state index is -0.0396. The Morgan fingerprint density at radius 1 is 1.32 bits per heavy atom. The van der Waals surface area contributed by atoms with Crippen molar-refractivity contribution in [1.29, 1.82) is 0 Å². The minimum absolute atomic E-state index is 0.0396. The first kappa shape index (κ1) is 13.9. The van der Waals surface area contributed by atoms with E-state index in [0.29, 0.717) is 22.7 Å². The molecule has 1 amide bonds. The number of rotatable bonds is 2. The number of hydrogen-bond donors (Lipinski definition) is 2. The van der Waals surface area contributed by atoms with Crippen molar-refractivity contribution in [2.75, 3.05) is 5.73 Å². The predicted molar refractivity (Wildman–Crippen MR) is 79.1 cm³/mol. The van der Waals surface area contributed by atoms with Crippen LogP contribution in [0.25, 0.3) is 0 Å². The van der Waals surface area contributed by atoms with Crippen molar-refractivity contribution in [2.24, 2.45) is 5.41 Å². The summed E-state index contributed by atoms with van der Waals surface area (Å²) in [6.45, 7) is 6.56. The van der Waals surface area contributed by atoms with Crippen LogP contribution in [-0.2, 0) is 0 Å². The lowest BCUT2D eigenvalue weighted by molar-refractivity contribution is 0.0910. The summed E-state index contributed by atoms with van der Waals surface area (Å²) in [4.78, 5) is 12.2. The zero-order chi connectivity index (χ0) is 14.0. The first-order chi connectivity index (χ1) is 8.87. The summed E-state index contributed by atoms with van der Waals surface area (Å²) in [6, 6.07) is 5.88. The van der Waals surface area contributed by atoms with Crippen LogP contribution in [0.2, 0.25) is 0 Å². The van der Waals surface area contributed by atoms with Gasteiger partial charge in [0.2, 0.25) is 0 Å². The third kappa shape index (κ3) is 3.49. The monoisotopic (exact) mass is 260 g/mol. The summed E-state index contributed by atoms with van der Waals surface area (Å²) in [7, 11) is 0. The first-order valence-electron chi connectivity index (χ1n) is 7.04. The van der Waals surface area contributed by atoms with Gasteiger partial charge in [-0.1, -0.05) is 19.9 Å². The highest BCUT2D eigenvalue weighted by molar-refractivity contribution is 5.99. The summed E-state index contributed by atoms with van der Waals surface area (Å²) in [5, 5.41) is 3.11. The van der Waals surface area contributed by atoms with E-state index in [-0.39, 0.29) is 5.91 Å². The Hall–Kier alpha value is -1.51. The number of carbonyl (C=O) groups excluding carboxylic acids is 1. The molecule has 0 bridgehead atoms. The molecule has 3 N–H and O–H groups in total.